The second kappa shape index (κ2) is 5.24. The summed E-state index contributed by atoms with van der Waals surface area (Å²) in [7, 11) is 1.42. The predicted octanol–water partition coefficient (Wildman–Crippen LogP) is 3.00. The van der Waals surface area contributed by atoms with Gasteiger partial charge in [-0.3, -0.25) is 10.1 Å². The Kier molecular flexibility index (Phi) is 3.27. The minimum absolute atomic E-state index is 0.0283. The average molecular weight is 283 g/mol. The lowest BCUT2D eigenvalue weighted by atomic mass is 10.2. The third-order valence-corrected chi connectivity index (χ3v) is 3.32. The molecule has 3 rings (SSSR count). The van der Waals surface area contributed by atoms with Crippen LogP contribution in [0.1, 0.15) is 5.56 Å². The van der Waals surface area contributed by atoms with Crippen molar-refractivity contribution in [2.24, 2.45) is 0 Å². The molecule has 0 fully saturated rings. The average Bonchev–Trinajstić information content (AvgIpc) is 2.90. The first-order chi connectivity index (χ1) is 10.2. The number of methoxy groups -OCH3 is 1. The van der Waals surface area contributed by atoms with Crippen LogP contribution in [0.5, 0.6) is 5.75 Å². The summed E-state index contributed by atoms with van der Waals surface area (Å²) in [4.78, 5) is 14.9. The maximum atomic E-state index is 11.1. The fraction of sp³-hybridized carbons (Fsp3) is 0.133. The fourth-order valence-electron chi connectivity index (χ4n) is 2.31. The molecule has 6 heteroatoms. The standard InChI is InChI=1S/C15H13N3O3/c1-21-15-7-6-11(8-14(15)18(19)20)9-17-10-16-12-4-2-3-5-13(12)17/h2-8,10H,9H2,1H3. The number of nitro benzene ring substituents is 1. The van der Waals surface area contributed by atoms with Gasteiger partial charge in [0.15, 0.2) is 5.75 Å². The van der Waals surface area contributed by atoms with Crippen molar-refractivity contribution >= 4 is 16.7 Å². The largest absolute Gasteiger partial charge is 0.490 e. The Morgan fingerprint density at radius 1 is 1.29 bits per heavy atom. The molecule has 3 aromatic rings. The first-order valence-corrected chi connectivity index (χ1v) is 6.40. The van der Waals surface area contributed by atoms with E-state index in [9.17, 15) is 10.1 Å². The third kappa shape index (κ3) is 2.43. The van der Waals surface area contributed by atoms with Gasteiger partial charge in [-0.1, -0.05) is 18.2 Å². The van der Waals surface area contributed by atoms with E-state index >= 15 is 0 Å². The number of nitro groups is 1. The molecule has 0 N–H and O–H groups in total. The normalized spacial score (nSPS) is 10.7. The van der Waals surface area contributed by atoms with E-state index in [2.05, 4.69) is 4.98 Å². The number of ether oxygens (including phenoxy) is 1. The molecule has 0 radical (unpaired) electrons. The van der Waals surface area contributed by atoms with Crippen molar-refractivity contribution in [3.8, 4) is 5.75 Å². The number of hydrogen-bond donors (Lipinski definition) is 0. The highest BCUT2D eigenvalue weighted by molar-refractivity contribution is 5.75. The lowest BCUT2D eigenvalue weighted by Gasteiger charge is -2.07. The van der Waals surface area contributed by atoms with Gasteiger partial charge >= 0.3 is 5.69 Å². The van der Waals surface area contributed by atoms with Crippen LogP contribution < -0.4 is 4.74 Å². The number of para-hydroxylation sites is 2. The van der Waals surface area contributed by atoms with Crippen molar-refractivity contribution < 1.29 is 9.66 Å². The van der Waals surface area contributed by atoms with Crippen LogP contribution in [0.4, 0.5) is 5.69 Å². The van der Waals surface area contributed by atoms with E-state index in [1.807, 2.05) is 34.9 Å². The van der Waals surface area contributed by atoms with Crippen LogP contribution in [0.3, 0.4) is 0 Å². The Morgan fingerprint density at radius 2 is 2.10 bits per heavy atom. The molecule has 0 spiro atoms. The van der Waals surface area contributed by atoms with Crippen molar-refractivity contribution in [3.63, 3.8) is 0 Å². The maximum absolute atomic E-state index is 11.1. The SMILES string of the molecule is COc1ccc(Cn2cnc3ccccc32)cc1[N+](=O)[O-]. The van der Waals surface area contributed by atoms with Crippen LogP contribution in [0.15, 0.2) is 48.8 Å². The van der Waals surface area contributed by atoms with Gasteiger partial charge in [-0.2, -0.15) is 0 Å². The summed E-state index contributed by atoms with van der Waals surface area (Å²) in [6.45, 7) is 0.519. The zero-order chi connectivity index (χ0) is 14.8. The fourth-order valence-corrected chi connectivity index (χ4v) is 2.31. The van der Waals surface area contributed by atoms with E-state index < -0.39 is 4.92 Å². The smallest absolute Gasteiger partial charge is 0.311 e. The number of nitrogens with zero attached hydrogens (tertiary/aromatic N) is 3. The summed E-state index contributed by atoms with van der Waals surface area (Å²) in [6.07, 6.45) is 1.74. The van der Waals surface area contributed by atoms with E-state index in [0.717, 1.165) is 16.6 Å². The van der Waals surface area contributed by atoms with E-state index in [-0.39, 0.29) is 11.4 Å². The molecule has 0 amide bonds. The van der Waals surface area contributed by atoms with E-state index in [1.165, 1.54) is 13.2 Å². The number of hydrogen-bond acceptors (Lipinski definition) is 4. The second-order valence-corrected chi connectivity index (χ2v) is 4.62. The van der Waals surface area contributed by atoms with Crippen LogP contribution in [0.25, 0.3) is 11.0 Å². The summed E-state index contributed by atoms with van der Waals surface area (Å²) in [5.41, 5.74) is 2.70. The summed E-state index contributed by atoms with van der Waals surface area (Å²) in [5.74, 6) is 0.263. The van der Waals surface area contributed by atoms with E-state index in [1.54, 1.807) is 12.4 Å². The van der Waals surface area contributed by atoms with Crippen LogP contribution in [0.2, 0.25) is 0 Å². The number of fused-ring (bicyclic) bond motifs is 1. The van der Waals surface area contributed by atoms with Gasteiger partial charge in [-0.15, -0.1) is 0 Å². The molecule has 0 atom stereocenters. The van der Waals surface area contributed by atoms with Crippen molar-refractivity contribution in [2.45, 2.75) is 6.54 Å². The molecule has 106 valence electrons. The van der Waals surface area contributed by atoms with Gasteiger partial charge in [0.2, 0.25) is 0 Å². The molecule has 0 aliphatic carbocycles. The molecule has 21 heavy (non-hydrogen) atoms. The van der Waals surface area contributed by atoms with Crippen molar-refractivity contribution in [1.29, 1.82) is 0 Å². The summed E-state index contributed by atoms with van der Waals surface area (Å²) < 4.78 is 6.97. The molecule has 0 aliphatic heterocycles. The molecular formula is C15H13N3O3. The van der Waals surface area contributed by atoms with Gasteiger partial charge < -0.3 is 9.30 Å². The number of aromatic nitrogens is 2. The second-order valence-electron chi connectivity index (χ2n) is 4.62. The quantitative estimate of drug-likeness (QED) is 0.545. The zero-order valence-corrected chi connectivity index (χ0v) is 11.4. The third-order valence-electron chi connectivity index (χ3n) is 3.32. The molecular weight excluding hydrogens is 270 g/mol. The highest BCUT2D eigenvalue weighted by Crippen LogP contribution is 2.28. The van der Waals surface area contributed by atoms with Crippen LogP contribution in [-0.4, -0.2) is 21.6 Å². The first kappa shape index (κ1) is 13.1. The van der Waals surface area contributed by atoms with Crippen molar-refractivity contribution in [1.82, 2.24) is 9.55 Å². The van der Waals surface area contributed by atoms with Crippen molar-refractivity contribution in [2.75, 3.05) is 7.11 Å². The first-order valence-electron chi connectivity index (χ1n) is 6.40. The molecule has 2 aromatic carbocycles. The topological polar surface area (TPSA) is 70.2 Å². The lowest BCUT2D eigenvalue weighted by Crippen LogP contribution is -2.00. The molecule has 1 aromatic heterocycles. The van der Waals surface area contributed by atoms with E-state index in [4.69, 9.17) is 4.74 Å². The van der Waals surface area contributed by atoms with E-state index in [0.29, 0.717) is 6.54 Å². The minimum Gasteiger partial charge on any atom is -0.490 e. The summed E-state index contributed by atoms with van der Waals surface area (Å²) in [5, 5.41) is 11.1. The maximum Gasteiger partial charge on any atom is 0.311 e. The van der Waals surface area contributed by atoms with Gasteiger partial charge in [0.05, 0.1) is 29.4 Å². The Bertz CT molecular complexity index is 811. The van der Waals surface area contributed by atoms with Crippen LogP contribution in [0, 0.1) is 10.1 Å². The molecule has 0 bridgehead atoms. The molecule has 0 saturated carbocycles. The van der Waals surface area contributed by atoms with Gasteiger partial charge in [0.1, 0.15) is 0 Å². The summed E-state index contributed by atoms with van der Waals surface area (Å²) in [6, 6.07) is 12.7. The molecule has 1 heterocycles. The Labute approximate surface area is 120 Å². The molecule has 0 unspecified atom stereocenters. The summed E-state index contributed by atoms with van der Waals surface area (Å²) >= 11 is 0. The minimum atomic E-state index is -0.436. The van der Waals surface area contributed by atoms with Gasteiger partial charge in [-0.05, 0) is 23.8 Å². The Hall–Kier alpha value is -2.89. The van der Waals surface area contributed by atoms with Gasteiger partial charge in [0.25, 0.3) is 0 Å². The lowest BCUT2D eigenvalue weighted by molar-refractivity contribution is -0.385. The Morgan fingerprint density at radius 3 is 2.86 bits per heavy atom. The van der Waals surface area contributed by atoms with Crippen molar-refractivity contribution in [3.05, 3.63) is 64.5 Å². The predicted molar refractivity (Wildman–Crippen MR) is 78.5 cm³/mol. The molecule has 0 aliphatic rings. The van der Waals surface area contributed by atoms with Crippen LogP contribution in [-0.2, 0) is 6.54 Å². The number of rotatable bonds is 4. The van der Waals surface area contributed by atoms with Gasteiger partial charge in [0, 0.05) is 12.6 Å². The molecule has 6 nitrogen and oxygen atoms in total. The highest BCUT2D eigenvalue weighted by atomic mass is 16.6. The molecule has 0 saturated heterocycles. The Balaban J connectivity index is 1.98. The zero-order valence-electron chi connectivity index (χ0n) is 11.4. The number of benzene rings is 2. The number of imidazole rings is 1. The monoisotopic (exact) mass is 283 g/mol. The van der Waals surface area contributed by atoms with Gasteiger partial charge in [-0.25, -0.2) is 4.98 Å². The highest BCUT2D eigenvalue weighted by Gasteiger charge is 2.15. The van der Waals surface area contributed by atoms with Crippen LogP contribution >= 0.6 is 0 Å².